The molecule has 0 aliphatic rings. The summed E-state index contributed by atoms with van der Waals surface area (Å²) in [5, 5.41) is 0. The Labute approximate surface area is 361 Å². The number of rotatable bonds is 46. The lowest BCUT2D eigenvalue weighted by Gasteiger charge is -2.18. The van der Waals surface area contributed by atoms with Gasteiger partial charge in [-0.2, -0.15) is 0 Å². The van der Waals surface area contributed by atoms with Crippen LogP contribution in [-0.2, 0) is 28.6 Å². The monoisotopic (exact) mass is 821 g/mol. The highest BCUT2D eigenvalue weighted by molar-refractivity contribution is 5.71. The largest absolute Gasteiger partial charge is 0.462 e. The van der Waals surface area contributed by atoms with Gasteiger partial charge < -0.3 is 14.2 Å². The van der Waals surface area contributed by atoms with Gasteiger partial charge >= 0.3 is 17.9 Å². The highest BCUT2D eigenvalue weighted by atomic mass is 16.6. The summed E-state index contributed by atoms with van der Waals surface area (Å²) in [6, 6.07) is 0. The number of hydrogen-bond donors (Lipinski definition) is 0. The second kappa shape index (κ2) is 44.9. The molecule has 0 heterocycles. The molecule has 0 spiro atoms. The molecule has 6 heteroatoms. The first-order valence-electron chi connectivity index (χ1n) is 25.8. The van der Waals surface area contributed by atoms with E-state index >= 15 is 0 Å². The van der Waals surface area contributed by atoms with Crippen molar-refractivity contribution < 1.29 is 28.6 Å². The van der Waals surface area contributed by atoms with Crippen LogP contribution >= 0.6 is 0 Å². The van der Waals surface area contributed by atoms with E-state index < -0.39 is 6.10 Å². The van der Waals surface area contributed by atoms with Gasteiger partial charge in [-0.3, -0.25) is 14.4 Å². The number of carbonyl (C=O) groups is 3. The van der Waals surface area contributed by atoms with E-state index in [0.29, 0.717) is 19.3 Å². The molecule has 0 saturated carbocycles. The van der Waals surface area contributed by atoms with Crippen LogP contribution in [0, 0.1) is 11.8 Å². The lowest BCUT2D eigenvalue weighted by molar-refractivity contribution is -0.167. The average Bonchev–Trinajstić information content (AvgIpc) is 3.21. The molecule has 0 radical (unpaired) electrons. The molecule has 0 saturated heterocycles. The van der Waals surface area contributed by atoms with Crippen LogP contribution in [0.15, 0.2) is 0 Å². The molecular formula is C52H100O6. The number of esters is 3. The average molecular weight is 821 g/mol. The molecule has 0 rings (SSSR count). The first-order chi connectivity index (χ1) is 28.3. The van der Waals surface area contributed by atoms with Crippen molar-refractivity contribution in [2.75, 3.05) is 13.2 Å². The number of unbranched alkanes of at least 4 members (excludes halogenated alkanes) is 30. The van der Waals surface area contributed by atoms with E-state index in [9.17, 15) is 14.4 Å². The summed E-state index contributed by atoms with van der Waals surface area (Å²) in [4.78, 5) is 37.6. The molecule has 0 aromatic heterocycles. The standard InChI is InChI=1S/C52H100O6/c1-6-8-9-30-39-44-52(55)58-49(45-56-50(53)42-37-33-28-24-20-16-12-10-14-18-22-26-31-35-40-47(3)4)46-57-51(54)43-38-34-29-25-21-17-13-11-15-19-23-27-32-36-41-48(5)7-2/h47-49H,6-46H2,1-5H3/t48?,49-/m1/s1. The number of ether oxygens (including phenoxy) is 3. The van der Waals surface area contributed by atoms with Crippen LogP contribution in [0.4, 0.5) is 0 Å². The van der Waals surface area contributed by atoms with Crippen LogP contribution in [0.3, 0.4) is 0 Å². The molecule has 0 fully saturated rings. The maximum absolute atomic E-state index is 12.6. The molecule has 0 aromatic rings. The Morgan fingerprint density at radius 1 is 0.362 bits per heavy atom. The van der Waals surface area contributed by atoms with Crippen molar-refractivity contribution in [2.24, 2.45) is 11.8 Å². The quantitative estimate of drug-likeness (QED) is 0.0346. The van der Waals surface area contributed by atoms with Gasteiger partial charge in [0.05, 0.1) is 0 Å². The summed E-state index contributed by atoms with van der Waals surface area (Å²) >= 11 is 0. The zero-order valence-electron chi connectivity index (χ0n) is 39.7. The van der Waals surface area contributed by atoms with Crippen LogP contribution in [-0.4, -0.2) is 37.2 Å². The van der Waals surface area contributed by atoms with Crippen LogP contribution in [0.1, 0.15) is 285 Å². The van der Waals surface area contributed by atoms with Crippen molar-refractivity contribution in [3.8, 4) is 0 Å². The normalized spacial score (nSPS) is 12.5. The van der Waals surface area contributed by atoms with Crippen LogP contribution in [0.2, 0.25) is 0 Å². The topological polar surface area (TPSA) is 78.9 Å². The Morgan fingerprint density at radius 2 is 0.655 bits per heavy atom. The summed E-state index contributed by atoms with van der Waals surface area (Å²) in [5.74, 6) is 0.878. The molecule has 0 aromatic carbocycles. The second-order valence-electron chi connectivity index (χ2n) is 18.5. The Bertz CT molecular complexity index is 887. The minimum absolute atomic E-state index is 0.0651. The summed E-state index contributed by atoms with van der Waals surface area (Å²) < 4.78 is 16.7. The van der Waals surface area contributed by atoms with E-state index in [4.69, 9.17) is 14.2 Å². The van der Waals surface area contributed by atoms with Crippen molar-refractivity contribution >= 4 is 17.9 Å². The molecule has 0 N–H and O–H groups in total. The van der Waals surface area contributed by atoms with Crippen molar-refractivity contribution in [1.82, 2.24) is 0 Å². The number of carbonyl (C=O) groups excluding carboxylic acids is 3. The lowest BCUT2D eigenvalue weighted by atomic mass is 9.99. The molecule has 0 amide bonds. The maximum Gasteiger partial charge on any atom is 0.306 e. The van der Waals surface area contributed by atoms with E-state index in [1.54, 1.807) is 0 Å². The third-order valence-corrected chi connectivity index (χ3v) is 12.1. The molecule has 58 heavy (non-hydrogen) atoms. The minimum Gasteiger partial charge on any atom is -0.462 e. The highest BCUT2D eigenvalue weighted by Crippen LogP contribution is 2.18. The predicted octanol–water partition coefficient (Wildman–Crippen LogP) is 16.5. The molecule has 2 atom stereocenters. The van der Waals surface area contributed by atoms with E-state index in [1.807, 2.05) is 0 Å². The Morgan fingerprint density at radius 3 is 0.983 bits per heavy atom. The molecule has 0 aliphatic carbocycles. The third-order valence-electron chi connectivity index (χ3n) is 12.1. The fraction of sp³-hybridized carbons (Fsp3) is 0.942. The highest BCUT2D eigenvalue weighted by Gasteiger charge is 2.19. The predicted molar refractivity (Wildman–Crippen MR) is 247 cm³/mol. The first kappa shape index (κ1) is 56.4. The molecule has 0 aliphatic heterocycles. The third kappa shape index (κ3) is 44.0. The van der Waals surface area contributed by atoms with Gasteiger partial charge in [-0.1, -0.05) is 247 Å². The van der Waals surface area contributed by atoms with Gasteiger partial charge in [-0.05, 0) is 31.1 Å². The lowest BCUT2D eigenvalue weighted by Crippen LogP contribution is -2.30. The van der Waals surface area contributed by atoms with E-state index in [1.165, 1.54) is 167 Å². The zero-order valence-corrected chi connectivity index (χ0v) is 39.7. The van der Waals surface area contributed by atoms with Gasteiger partial charge in [-0.15, -0.1) is 0 Å². The van der Waals surface area contributed by atoms with Crippen molar-refractivity contribution in [1.29, 1.82) is 0 Å². The Balaban J connectivity index is 4.06. The molecule has 344 valence electrons. The zero-order chi connectivity index (χ0) is 42.6. The van der Waals surface area contributed by atoms with Crippen molar-refractivity contribution in [3.05, 3.63) is 0 Å². The molecule has 1 unspecified atom stereocenters. The first-order valence-corrected chi connectivity index (χ1v) is 25.8. The van der Waals surface area contributed by atoms with Gasteiger partial charge in [-0.25, -0.2) is 0 Å². The van der Waals surface area contributed by atoms with Gasteiger partial charge in [0.2, 0.25) is 0 Å². The fourth-order valence-electron chi connectivity index (χ4n) is 7.78. The summed E-state index contributed by atoms with van der Waals surface area (Å²) in [6.07, 6.45) is 45.5. The SMILES string of the molecule is CCCCCCCC(=O)O[C@H](COC(=O)CCCCCCCCCCCCCCCCC(C)C)COC(=O)CCCCCCCCCCCCCCCCC(C)CC. The van der Waals surface area contributed by atoms with Crippen LogP contribution in [0.25, 0.3) is 0 Å². The number of hydrogen-bond acceptors (Lipinski definition) is 6. The van der Waals surface area contributed by atoms with Gasteiger partial charge in [0.25, 0.3) is 0 Å². The van der Waals surface area contributed by atoms with Gasteiger partial charge in [0.15, 0.2) is 6.10 Å². The summed E-state index contributed by atoms with van der Waals surface area (Å²) in [5.41, 5.74) is 0. The van der Waals surface area contributed by atoms with E-state index in [-0.39, 0.29) is 31.1 Å². The molecule has 6 nitrogen and oxygen atoms in total. The van der Waals surface area contributed by atoms with Crippen molar-refractivity contribution in [2.45, 2.75) is 291 Å². The summed E-state index contributed by atoms with van der Waals surface area (Å²) in [6.45, 7) is 11.3. The Hall–Kier alpha value is -1.59. The maximum atomic E-state index is 12.6. The van der Waals surface area contributed by atoms with Gasteiger partial charge in [0, 0.05) is 19.3 Å². The summed E-state index contributed by atoms with van der Waals surface area (Å²) in [7, 11) is 0. The second-order valence-corrected chi connectivity index (χ2v) is 18.5. The van der Waals surface area contributed by atoms with Gasteiger partial charge in [0.1, 0.15) is 13.2 Å². The smallest absolute Gasteiger partial charge is 0.306 e. The minimum atomic E-state index is -0.759. The van der Waals surface area contributed by atoms with E-state index in [0.717, 1.165) is 76.0 Å². The van der Waals surface area contributed by atoms with Crippen LogP contribution in [0.5, 0.6) is 0 Å². The van der Waals surface area contributed by atoms with Crippen molar-refractivity contribution in [3.63, 3.8) is 0 Å². The van der Waals surface area contributed by atoms with E-state index in [2.05, 4.69) is 34.6 Å². The molecule has 0 bridgehead atoms. The van der Waals surface area contributed by atoms with Crippen LogP contribution < -0.4 is 0 Å². The fourth-order valence-corrected chi connectivity index (χ4v) is 7.78. The molecular weight excluding hydrogens is 721 g/mol. The Kier molecular flexibility index (Phi) is 43.7.